The molecule has 26 heavy (non-hydrogen) atoms. The van der Waals surface area contributed by atoms with Crippen molar-refractivity contribution in [1.29, 1.82) is 0 Å². The Hall–Kier alpha value is -2.12. The first-order chi connectivity index (χ1) is 12.5. The van der Waals surface area contributed by atoms with E-state index >= 15 is 0 Å². The van der Waals surface area contributed by atoms with Crippen LogP contribution < -0.4 is 10.6 Å². The van der Waals surface area contributed by atoms with Crippen LogP contribution in [0.25, 0.3) is 0 Å². The van der Waals surface area contributed by atoms with Crippen molar-refractivity contribution in [3.8, 4) is 5.75 Å². The highest BCUT2D eigenvalue weighted by Crippen LogP contribution is 2.25. The summed E-state index contributed by atoms with van der Waals surface area (Å²) < 4.78 is 5.06. The molecule has 2 rings (SSSR count). The standard InChI is InChI=1S/C19H28N2O5/c1-2-26-12-18(24)21-16-11-14(5-8-17(16)23)19(25)20-10-9-13-3-6-15(22)7-4-13/h3-4,6-7,14,16-17,22-23H,2,5,8-12H2,1H3,(H,20,25)(H,21,24)/t14-,16+,17+/m0/s1. The number of phenolic OH excluding ortho intramolecular Hbond substituents is 1. The predicted molar refractivity (Wildman–Crippen MR) is 96.6 cm³/mol. The van der Waals surface area contributed by atoms with E-state index < -0.39 is 12.1 Å². The Bertz CT molecular complexity index is 590. The van der Waals surface area contributed by atoms with Gasteiger partial charge in [0.15, 0.2) is 0 Å². The van der Waals surface area contributed by atoms with Crippen molar-refractivity contribution in [2.24, 2.45) is 5.92 Å². The first kappa shape index (κ1) is 20.2. The summed E-state index contributed by atoms with van der Waals surface area (Å²) in [6.45, 7) is 2.72. The molecule has 7 nitrogen and oxygen atoms in total. The number of carbonyl (C=O) groups is 2. The summed E-state index contributed by atoms with van der Waals surface area (Å²) in [5.41, 5.74) is 1.03. The normalized spacial score (nSPS) is 22.6. The second kappa shape index (κ2) is 10.1. The lowest BCUT2D eigenvalue weighted by molar-refractivity contribution is -0.131. The van der Waals surface area contributed by atoms with Crippen LogP contribution in [0.5, 0.6) is 5.75 Å². The fourth-order valence-electron chi connectivity index (χ4n) is 3.13. The Balaban J connectivity index is 1.77. The molecule has 0 radical (unpaired) electrons. The third kappa shape index (κ3) is 6.31. The molecule has 1 aliphatic rings. The highest BCUT2D eigenvalue weighted by molar-refractivity contribution is 5.80. The molecule has 4 N–H and O–H groups in total. The molecule has 1 saturated carbocycles. The minimum Gasteiger partial charge on any atom is -0.508 e. The number of aromatic hydroxyl groups is 1. The van der Waals surface area contributed by atoms with Crippen LogP contribution in [0.2, 0.25) is 0 Å². The number of carbonyl (C=O) groups excluding carboxylic acids is 2. The van der Waals surface area contributed by atoms with Crippen LogP contribution in [0, 0.1) is 5.92 Å². The highest BCUT2D eigenvalue weighted by atomic mass is 16.5. The zero-order chi connectivity index (χ0) is 18.9. The first-order valence-electron chi connectivity index (χ1n) is 9.10. The summed E-state index contributed by atoms with van der Waals surface area (Å²) in [6, 6.07) is 6.46. The zero-order valence-electron chi connectivity index (χ0n) is 15.1. The number of hydrogen-bond donors (Lipinski definition) is 4. The maximum Gasteiger partial charge on any atom is 0.246 e. The quantitative estimate of drug-likeness (QED) is 0.544. The lowest BCUT2D eigenvalue weighted by atomic mass is 9.83. The first-order valence-corrected chi connectivity index (χ1v) is 9.10. The Morgan fingerprint density at radius 1 is 1.23 bits per heavy atom. The second-order valence-corrected chi connectivity index (χ2v) is 6.60. The van der Waals surface area contributed by atoms with Crippen molar-refractivity contribution in [1.82, 2.24) is 10.6 Å². The van der Waals surface area contributed by atoms with Gasteiger partial charge in [-0.25, -0.2) is 0 Å². The minimum atomic E-state index is -0.637. The Morgan fingerprint density at radius 2 is 1.96 bits per heavy atom. The minimum absolute atomic E-state index is 0.0385. The number of aliphatic hydroxyl groups excluding tert-OH is 1. The second-order valence-electron chi connectivity index (χ2n) is 6.60. The van der Waals surface area contributed by atoms with Gasteiger partial charge in [-0.3, -0.25) is 9.59 Å². The Labute approximate surface area is 153 Å². The number of amides is 2. The fraction of sp³-hybridized carbons (Fsp3) is 0.579. The molecule has 0 spiro atoms. The summed E-state index contributed by atoms with van der Waals surface area (Å²) in [7, 11) is 0. The third-order valence-corrected chi connectivity index (χ3v) is 4.62. The maximum absolute atomic E-state index is 12.4. The van der Waals surface area contributed by atoms with E-state index in [1.54, 1.807) is 19.1 Å². The van der Waals surface area contributed by atoms with Gasteiger partial charge in [0.2, 0.25) is 11.8 Å². The summed E-state index contributed by atoms with van der Waals surface area (Å²) in [6.07, 6.45) is 1.54. The van der Waals surface area contributed by atoms with Gasteiger partial charge < -0.3 is 25.6 Å². The number of benzene rings is 1. The van der Waals surface area contributed by atoms with Gasteiger partial charge in [-0.1, -0.05) is 12.1 Å². The van der Waals surface area contributed by atoms with Crippen molar-refractivity contribution in [3.63, 3.8) is 0 Å². The van der Waals surface area contributed by atoms with Gasteiger partial charge in [0.25, 0.3) is 0 Å². The number of nitrogens with one attached hydrogen (secondary N) is 2. The van der Waals surface area contributed by atoms with Crippen molar-refractivity contribution >= 4 is 11.8 Å². The van der Waals surface area contributed by atoms with Gasteiger partial charge in [0.1, 0.15) is 12.4 Å². The van der Waals surface area contributed by atoms with Crippen LogP contribution in [-0.2, 0) is 20.7 Å². The fourth-order valence-corrected chi connectivity index (χ4v) is 3.13. The number of hydrogen-bond acceptors (Lipinski definition) is 5. The molecule has 144 valence electrons. The summed E-state index contributed by atoms with van der Waals surface area (Å²) >= 11 is 0. The molecule has 1 aromatic carbocycles. The van der Waals surface area contributed by atoms with Crippen LogP contribution in [0.15, 0.2) is 24.3 Å². The van der Waals surface area contributed by atoms with Crippen LogP contribution in [0.4, 0.5) is 0 Å². The molecule has 3 atom stereocenters. The number of rotatable bonds is 8. The van der Waals surface area contributed by atoms with E-state index in [1.165, 1.54) is 0 Å². The summed E-state index contributed by atoms with van der Waals surface area (Å²) in [4.78, 5) is 24.2. The number of ether oxygens (including phenoxy) is 1. The van der Waals surface area contributed by atoms with Crippen LogP contribution in [0.3, 0.4) is 0 Å². The van der Waals surface area contributed by atoms with Crippen LogP contribution in [-0.4, -0.2) is 53.9 Å². The van der Waals surface area contributed by atoms with E-state index in [2.05, 4.69) is 10.6 Å². The van der Waals surface area contributed by atoms with E-state index in [0.29, 0.717) is 38.8 Å². The lowest BCUT2D eigenvalue weighted by Gasteiger charge is -2.33. The monoisotopic (exact) mass is 364 g/mol. The van der Waals surface area contributed by atoms with Gasteiger partial charge in [-0.2, -0.15) is 0 Å². The Morgan fingerprint density at radius 3 is 2.65 bits per heavy atom. The van der Waals surface area contributed by atoms with Crippen molar-refractivity contribution < 1.29 is 24.5 Å². The van der Waals surface area contributed by atoms with Gasteiger partial charge in [0, 0.05) is 19.1 Å². The highest BCUT2D eigenvalue weighted by Gasteiger charge is 2.33. The number of aliphatic hydroxyl groups is 1. The molecule has 0 unspecified atom stereocenters. The molecule has 0 aromatic heterocycles. The molecule has 0 heterocycles. The summed E-state index contributed by atoms with van der Waals surface area (Å²) in [5, 5.41) is 25.0. The van der Waals surface area contributed by atoms with Crippen molar-refractivity contribution in [2.75, 3.05) is 19.8 Å². The smallest absolute Gasteiger partial charge is 0.246 e. The van der Waals surface area contributed by atoms with E-state index in [9.17, 15) is 19.8 Å². The molecular weight excluding hydrogens is 336 g/mol. The van der Waals surface area contributed by atoms with E-state index in [4.69, 9.17) is 4.74 Å². The van der Waals surface area contributed by atoms with Gasteiger partial charge in [-0.15, -0.1) is 0 Å². The van der Waals surface area contributed by atoms with Crippen LogP contribution >= 0.6 is 0 Å². The molecular formula is C19H28N2O5. The molecule has 7 heteroatoms. The lowest BCUT2D eigenvalue weighted by Crippen LogP contribution is -2.50. The molecule has 0 saturated heterocycles. The van der Waals surface area contributed by atoms with E-state index in [1.807, 2.05) is 12.1 Å². The van der Waals surface area contributed by atoms with E-state index in [-0.39, 0.29) is 30.1 Å². The SMILES string of the molecule is CCOCC(=O)N[C@@H]1C[C@@H](C(=O)NCCc2ccc(O)cc2)CC[C@H]1O. The van der Waals surface area contributed by atoms with Gasteiger partial charge >= 0.3 is 0 Å². The van der Waals surface area contributed by atoms with Crippen molar-refractivity contribution in [3.05, 3.63) is 29.8 Å². The van der Waals surface area contributed by atoms with Crippen LogP contribution in [0.1, 0.15) is 31.7 Å². The molecule has 0 aliphatic heterocycles. The third-order valence-electron chi connectivity index (χ3n) is 4.62. The maximum atomic E-state index is 12.4. The molecule has 1 fully saturated rings. The Kier molecular flexibility index (Phi) is 7.87. The largest absolute Gasteiger partial charge is 0.508 e. The topological polar surface area (TPSA) is 108 Å². The molecule has 1 aliphatic carbocycles. The molecule has 2 amide bonds. The molecule has 1 aromatic rings. The summed E-state index contributed by atoms with van der Waals surface area (Å²) in [5.74, 6) is -0.337. The van der Waals surface area contributed by atoms with Gasteiger partial charge in [-0.05, 0) is 50.3 Å². The predicted octanol–water partition coefficient (Wildman–Crippen LogP) is 0.733. The average molecular weight is 364 g/mol. The average Bonchev–Trinajstić information content (AvgIpc) is 2.63. The van der Waals surface area contributed by atoms with Gasteiger partial charge in [0.05, 0.1) is 12.1 Å². The van der Waals surface area contributed by atoms with Crippen molar-refractivity contribution in [2.45, 2.75) is 44.8 Å². The van der Waals surface area contributed by atoms with E-state index in [0.717, 1.165) is 5.56 Å². The molecule has 0 bridgehead atoms. The number of phenols is 1. The zero-order valence-corrected chi connectivity index (χ0v) is 15.1.